The van der Waals surface area contributed by atoms with Gasteiger partial charge in [0.15, 0.2) is 0 Å². The van der Waals surface area contributed by atoms with Crippen molar-refractivity contribution < 1.29 is 4.79 Å². The fourth-order valence-electron chi connectivity index (χ4n) is 3.70. The minimum absolute atomic E-state index is 0.108. The van der Waals surface area contributed by atoms with Gasteiger partial charge in [0.2, 0.25) is 0 Å². The SMILES string of the molecule is C=C/C=C(\C=C/C)C(=O)N1CCC2(CC1)SCCN2C/C(C=C)=C/C=C\C. The van der Waals surface area contributed by atoms with E-state index >= 15 is 0 Å². The number of allylic oxidation sites excluding steroid dienone is 6. The van der Waals surface area contributed by atoms with Crippen LogP contribution in [-0.2, 0) is 4.79 Å². The largest absolute Gasteiger partial charge is 0.338 e. The summed E-state index contributed by atoms with van der Waals surface area (Å²) in [6, 6.07) is 0. The van der Waals surface area contributed by atoms with E-state index in [1.807, 2.05) is 43.1 Å². The molecule has 1 spiro atoms. The smallest absolute Gasteiger partial charge is 0.253 e. The van der Waals surface area contributed by atoms with Crippen molar-refractivity contribution in [3.05, 3.63) is 72.9 Å². The van der Waals surface area contributed by atoms with E-state index in [0.717, 1.165) is 44.8 Å². The monoisotopic (exact) mass is 384 g/mol. The van der Waals surface area contributed by atoms with Crippen LogP contribution in [0.4, 0.5) is 0 Å². The molecule has 1 amide bonds. The van der Waals surface area contributed by atoms with Crippen molar-refractivity contribution in [2.75, 3.05) is 31.9 Å². The number of nitrogens with zero attached hydrogens (tertiary/aromatic N) is 2. The van der Waals surface area contributed by atoms with Gasteiger partial charge in [0.25, 0.3) is 5.91 Å². The van der Waals surface area contributed by atoms with E-state index in [-0.39, 0.29) is 10.8 Å². The van der Waals surface area contributed by atoms with Crippen LogP contribution in [0, 0.1) is 0 Å². The molecule has 0 radical (unpaired) electrons. The van der Waals surface area contributed by atoms with Crippen LogP contribution >= 0.6 is 11.8 Å². The Morgan fingerprint density at radius 3 is 2.44 bits per heavy atom. The molecule has 0 saturated carbocycles. The number of thioether (sulfide) groups is 1. The number of amides is 1. The minimum atomic E-state index is 0.108. The van der Waals surface area contributed by atoms with Crippen LogP contribution in [0.15, 0.2) is 72.9 Å². The molecule has 3 nitrogen and oxygen atoms in total. The third-order valence-corrected chi connectivity index (χ3v) is 6.76. The van der Waals surface area contributed by atoms with Crippen molar-refractivity contribution in [3.8, 4) is 0 Å². The average Bonchev–Trinajstić information content (AvgIpc) is 3.06. The summed E-state index contributed by atoms with van der Waals surface area (Å²) in [5.74, 6) is 1.26. The number of rotatable bonds is 7. The first kappa shape index (κ1) is 21.5. The van der Waals surface area contributed by atoms with Gasteiger partial charge in [0.05, 0.1) is 4.87 Å². The van der Waals surface area contributed by atoms with Crippen molar-refractivity contribution in [1.29, 1.82) is 0 Å². The van der Waals surface area contributed by atoms with Gasteiger partial charge in [-0.2, -0.15) is 0 Å². The molecule has 0 bridgehead atoms. The van der Waals surface area contributed by atoms with Gasteiger partial charge in [-0.05, 0) is 32.3 Å². The van der Waals surface area contributed by atoms with Gasteiger partial charge in [0, 0.05) is 37.5 Å². The number of hydrogen-bond acceptors (Lipinski definition) is 3. The molecule has 2 heterocycles. The lowest BCUT2D eigenvalue weighted by Gasteiger charge is -2.44. The van der Waals surface area contributed by atoms with Gasteiger partial charge in [0.1, 0.15) is 0 Å². The second-order valence-electron chi connectivity index (χ2n) is 6.84. The van der Waals surface area contributed by atoms with Gasteiger partial charge in [-0.25, -0.2) is 0 Å². The third-order valence-electron chi connectivity index (χ3n) is 5.17. The van der Waals surface area contributed by atoms with Crippen LogP contribution in [0.2, 0.25) is 0 Å². The number of carbonyl (C=O) groups is 1. The molecule has 4 heteroatoms. The van der Waals surface area contributed by atoms with Crippen LogP contribution in [0.25, 0.3) is 0 Å². The van der Waals surface area contributed by atoms with E-state index in [0.29, 0.717) is 5.57 Å². The molecule has 0 aromatic rings. The van der Waals surface area contributed by atoms with E-state index in [9.17, 15) is 4.79 Å². The highest BCUT2D eigenvalue weighted by Gasteiger charge is 2.44. The summed E-state index contributed by atoms with van der Waals surface area (Å²) in [6.07, 6.45) is 17.5. The molecule has 0 aliphatic carbocycles. The summed E-state index contributed by atoms with van der Waals surface area (Å²) in [6.45, 7) is 15.3. The summed E-state index contributed by atoms with van der Waals surface area (Å²) in [7, 11) is 0. The number of piperidine rings is 1. The molecular formula is C23H32N2OS. The zero-order chi connectivity index (χ0) is 19.7. The Morgan fingerprint density at radius 1 is 1.11 bits per heavy atom. The Morgan fingerprint density at radius 2 is 1.85 bits per heavy atom. The summed E-state index contributed by atoms with van der Waals surface area (Å²) in [5, 5.41) is 0. The maximum absolute atomic E-state index is 12.8. The van der Waals surface area contributed by atoms with Crippen LogP contribution in [-0.4, -0.2) is 52.5 Å². The Kier molecular flexibility index (Phi) is 8.39. The average molecular weight is 385 g/mol. The predicted molar refractivity (Wildman–Crippen MR) is 119 cm³/mol. The Balaban J connectivity index is 2.05. The van der Waals surface area contributed by atoms with E-state index in [2.05, 4.69) is 42.0 Å². The summed E-state index contributed by atoms with van der Waals surface area (Å²) >= 11 is 2.06. The van der Waals surface area contributed by atoms with Crippen molar-refractivity contribution in [3.63, 3.8) is 0 Å². The topological polar surface area (TPSA) is 23.6 Å². The highest BCUT2D eigenvalue weighted by atomic mass is 32.2. The molecule has 0 aromatic heterocycles. The molecule has 2 saturated heterocycles. The van der Waals surface area contributed by atoms with E-state index in [4.69, 9.17) is 0 Å². The van der Waals surface area contributed by atoms with Crippen LogP contribution in [0.5, 0.6) is 0 Å². The van der Waals surface area contributed by atoms with Crippen molar-refractivity contribution in [2.24, 2.45) is 0 Å². The maximum Gasteiger partial charge on any atom is 0.253 e. The fraction of sp³-hybridized carbons (Fsp3) is 0.435. The summed E-state index contributed by atoms with van der Waals surface area (Å²) in [4.78, 5) is 17.5. The van der Waals surface area contributed by atoms with Gasteiger partial charge in [-0.3, -0.25) is 9.69 Å². The first-order valence-corrected chi connectivity index (χ1v) is 10.7. The van der Waals surface area contributed by atoms with Gasteiger partial charge >= 0.3 is 0 Å². The summed E-state index contributed by atoms with van der Waals surface area (Å²) in [5.41, 5.74) is 1.96. The molecule has 146 valence electrons. The van der Waals surface area contributed by atoms with Crippen molar-refractivity contribution >= 4 is 17.7 Å². The Bertz CT molecular complexity index is 664. The number of carbonyl (C=O) groups excluding carboxylic acids is 1. The minimum Gasteiger partial charge on any atom is -0.338 e. The second-order valence-corrected chi connectivity index (χ2v) is 8.29. The van der Waals surface area contributed by atoms with Crippen molar-refractivity contribution in [1.82, 2.24) is 9.80 Å². The highest BCUT2D eigenvalue weighted by Crippen LogP contribution is 2.44. The third kappa shape index (κ3) is 5.36. The molecule has 2 aliphatic heterocycles. The molecule has 0 N–H and O–H groups in total. The number of hydrogen-bond donors (Lipinski definition) is 0. The first-order chi connectivity index (χ1) is 13.1. The van der Waals surface area contributed by atoms with E-state index in [1.165, 1.54) is 5.57 Å². The fourth-order valence-corrected chi connectivity index (χ4v) is 5.20. The number of likely N-dealkylation sites (tertiary alicyclic amines) is 1. The molecule has 0 unspecified atom stereocenters. The molecule has 2 aliphatic rings. The van der Waals surface area contributed by atoms with E-state index < -0.39 is 0 Å². The normalized spacial score (nSPS) is 21.5. The lowest BCUT2D eigenvalue weighted by atomic mass is 10.00. The second kappa shape index (κ2) is 10.5. The standard InChI is InChI=1S/C23H32N2OS/c1-5-9-12-20(8-4)19-25-17-18-27-23(25)13-15-24(16-14-23)22(26)21(10-6-2)11-7-3/h5-12H,2,4,13-19H2,1,3H3/b9-5-,11-7-,20-12+,21-10+. The molecule has 27 heavy (non-hydrogen) atoms. The summed E-state index contributed by atoms with van der Waals surface area (Å²) < 4.78 is 0. The lowest BCUT2D eigenvalue weighted by molar-refractivity contribution is -0.128. The van der Waals surface area contributed by atoms with Gasteiger partial charge in [-0.1, -0.05) is 61.8 Å². The van der Waals surface area contributed by atoms with Gasteiger partial charge in [-0.15, -0.1) is 11.8 Å². The van der Waals surface area contributed by atoms with Gasteiger partial charge < -0.3 is 4.90 Å². The lowest BCUT2D eigenvalue weighted by Crippen LogP contribution is -2.52. The zero-order valence-electron chi connectivity index (χ0n) is 16.7. The van der Waals surface area contributed by atoms with Crippen LogP contribution in [0.3, 0.4) is 0 Å². The maximum atomic E-state index is 12.8. The quantitative estimate of drug-likeness (QED) is 0.468. The molecule has 2 fully saturated rings. The highest BCUT2D eigenvalue weighted by molar-refractivity contribution is 8.00. The van der Waals surface area contributed by atoms with Crippen LogP contribution in [0.1, 0.15) is 26.7 Å². The van der Waals surface area contributed by atoms with Crippen molar-refractivity contribution in [2.45, 2.75) is 31.6 Å². The Hall–Kier alpha value is -1.78. The van der Waals surface area contributed by atoms with E-state index in [1.54, 1.807) is 12.2 Å². The predicted octanol–water partition coefficient (Wildman–Crippen LogP) is 4.73. The zero-order valence-corrected chi connectivity index (χ0v) is 17.5. The molecule has 0 aromatic carbocycles. The molecular weight excluding hydrogens is 352 g/mol. The molecule has 2 rings (SSSR count). The Labute approximate surface area is 168 Å². The molecule has 0 atom stereocenters. The van der Waals surface area contributed by atoms with Crippen LogP contribution < -0.4 is 0 Å². The first-order valence-electron chi connectivity index (χ1n) is 9.68.